The molecule has 2 atom stereocenters. The first kappa shape index (κ1) is 17.4. The van der Waals surface area contributed by atoms with Crippen molar-refractivity contribution in [3.63, 3.8) is 0 Å². The van der Waals surface area contributed by atoms with E-state index >= 15 is 0 Å². The van der Waals surface area contributed by atoms with E-state index in [1.54, 1.807) is 0 Å². The summed E-state index contributed by atoms with van der Waals surface area (Å²) >= 11 is 0. The highest BCUT2D eigenvalue weighted by atomic mass is 16.6. The topological polar surface area (TPSA) is 130 Å². The van der Waals surface area contributed by atoms with E-state index in [1.807, 2.05) is 0 Å². The van der Waals surface area contributed by atoms with Gasteiger partial charge in [-0.2, -0.15) is 0 Å². The average Bonchev–Trinajstić information content (AvgIpc) is 3.03. The van der Waals surface area contributed by atoms with Crippen LogP contribution in [-0.2, 0) is 9.59 Å². The minimum atomic E-state index is -1.07. The molecular weight excluding hydrogens is 318 g/mol. The van der Waals surface area contributed by atoms with Gasteiger partial charge in [0, 0.05) is 24.2 Å². The Kier molecular flexibility index (Phi) is 5.12. The zero-order valence-corrected chi connectivity index (χ0v) is 13.0. The Morgan fingerprint density at radius 3 is 2.75 bits per heavy atom. The number of hydrogen-bond acceptors (Lipinski definition) is 5. The Labute approximate surface area is 137 Å². The summed E-state index contributed by atoms with van der Waals surface area (Å²) in [5.41, 5.74) is -0.174. The number of benzene rings is 1. The number of likely N-dealkylation sites (tertiary alicyclic amines) is 1. The molecule has 1 unspecified atom stereocenters. The Bertz CT molecular complexity index is 690. The van der Waals surface area contributed by atoms with Gasteiger partial charge in [-0.25, -0.2) is 4.79 Å². The minimum Gasteiger partial charge on any atom is -0.480 e. The molecule has 2 rings (SSSR count). The number of carbonyl (C=O) groups is 3. The van der Waals surface area contributed by atoms with Crippen molar-refractivity contribution >= 4 is 23.5 Å². The number of non-ortho nitro benzene ring substituents is 1. The Morgan fingerprint density at radius 2 is 2.12 bits per heavy atom. The number of aliphatic carboxylic acids is 1. The number of rotatable bonds is 5. The van der Waals surface area contributed by atoms with Crippen molar-refractivity contribution in [2.75, 3.05) is 6.54 Å². The van der Waals surface area contributed by atoms with Crippen molar-refractivity contribution in [3.8, 4) is 0 Å². The lowest BCUT2D eigenvalue weighted by Gasteiger charge is -2.25. The van der Waals surface area contributed by atoms with Crippen LogP contribution in [0.1, 0.15) is 30.1 Å². The van der Waals surface area contributed by atoms with Gasteiger partial charge in [0.2, 0.25) is 5.91 Å². The van der Waals surface area contributed by atoms with Gasteiger partial charge < -0.3 is 15.3 Å². The van der Waals surface area contributed by atoms with Crippen LogP contribution in [0, 0.1) is 10.1 Å². The summed E-state index contributed by atoms with van der Waals surface area (Å²) in [7, 11) is 0. The van der Waals surface area contributed by atoms with Crippen molar-refractivity contribution in [3.05, 3.63) is 39.9 Å². The van der Waals surface area contributed by atoms with Gasteiger partial charge in [-0.3, -0.25) is 19.7 Å². The summed E-state index contributed by atoms with van der Waals surface area (Å²) in [4.78, 5) is 47.0. The minimum absolute atomic E-state index is 0.0556. The van der Waals surface area contributed by atoms with E-state index in [4.69, 9.17) is 5.11 Å². The van der Waals surface area contributed by atoms with Crippen LogP contribution in [0.5, 0.6) is 0 Å². The number of carboxylic acid groups (broad SMARTS) is 1. The number of nitro benzene ring substituents is 1. The van der Waals surface area contributed by atoms with E-state index in [2.05, 4.69) is 5.32 Å². The predicted octanol–water partition coefficient (Wildman–Crippen LogP) is 0.789. The molecule has 2 N–H and O–H groups in total. The summed E-state index contributed by atoms with van der Waals surface area (Å²) in [5, 5.41) is 22.3. The summed E-state index contributed by atoms with van der Waals surface area (Å²) in [5.74, 6) is -2.19. The Balaban J connectivity index is 2.06. The molecule has 0 aliphatic carbocycles. The lowest BCUT2D eigenvalue weighted by Crippen LogP contribution is -2.50. The molecule has 1 aliphatic heterocycles. The van der Waals surface area contributed by atoms with Gasteiger partial charge in [0.15, 0.2) is 0 Å². The SMILES string of the molecule is CC(NC(=O)c1cccc([N+](=O)[O-])c1)C(=O)N1CCC[C@@H]1C(=O)O. The fraction of sp³-hybridized carbons (Fsp3) is 0.400. The van der Waals surface area contributed by atoms with Crippen LogP contribution in [0.25, 0.3) is 0 Å². The molecule has 0 spiro atoms. The molecular formula is C15H17N3O6. The number of amides is 2. The number of nitro groups is 1. The number of nitrogens with zero attached hydrogens (tertiary/aromatic N) is 2. The van der Waals surface area contributed by atoms with Crippen LogP contribution in [0.4, 0.5) is 5.69 Å². The quantitative estimate of drug-likeness (QED) is 0.604. The van der Waals surface area contributed by atoms with E-state index in [0.29, 0.717) is 19.4 Å². The van der Waals surface area contributed by atoms with Crippen LogP contribution in [0.2, 0.25) is 0 Å². The molecule has 0 radical (unpaired) electrons. The highest BCUT2D eigenvalue weighted by Gasteiger charge is 2.36. The molecule has 128 valence electrons. The standard InChI is InChI=1S/C15H17N3O6/c1-9(14(20)17-7-3-6-12(17)15(21)22)16-13(19)10-4-2-5-11(8-10)18(23)24/h2,4-5,8-9,12H,3,6-7H2,1H3,(H,16,19)(H,21,22)/t9?,12-/m1/s1. The van der Waals surface area contributed by atoms with Crippen molar-refractivity contribution < 1.29 is 24.4 Å². The fourth-order valence-corrected chi connectivity index (χ4v) is 2.64. The molecule has 1 heterocycles. The molecule has 0 aromatic heterocycles. The normalized spacial score (nSPS) is 18.0. The molecule has 1 aromatic carbocycles. The summed E-state index contributed by atoms with van der Waals surface area (Å²) < 4.78 is 0. The van der Waals surface area contributed by atoms with E-state index in [9.17, 15) is 24.5 Å². The third-order valence-corrected chi connectivity index (χ3v) is 3.86. The summed E-state index contributed by atoms with van der Waals surface area (Å²) in [6.45, 7) is 1.78. The zero-order valence-electron chi connectivity index (χ0n) is 13.0. The molecule has 9 heteroatoms. The van der Waals surface area contributed by atoms with Gasteiger partial charge in [-0.15, -0.1) is 0 Å². The zero-order chi connectivity index (χ0) is 17.9. The van der Waals surface area contributed by atoms with Crippen LogP contribution >= 0.6 is 0 Å². The molecule has 1 aliphatic rings. The summed E-state index contributed by atoms with van der Waals surface area (Å²) in [6.07, 6.45) is 0.973. The van der Waals surface area contributed by atoms with E-state index < -0.39 is 34.8 Å². The van der Waals surface area contributed by atoms with Crippen LogP contribution in [0.15, 0.2) is 24.3 Å². The number of hydrogen-bond donors (Lipinski definition) is 2. The number of carbonyl (C=O) groups excluding carboxylic acids is 2. The van der Waals surface area contributed by atoms with Gasteiger partial charge in [0.05, 0.1) is 4.92 Å². The second kappa shape index (κ2) is 7.07. The molecule has 9 nitrogen and oxygen atoms in total. The van der Waals surface area contributed by atoms with Gasteiger partial charge in [0.25, 0.3) is 11.6 Å². The van der Waals surface area contributed by atoms with E-state index in [0.717, 1.165) is 6.07 Å². The largest absolute Gasteiger partial charge is 0.480 e. The van der Waals surface area contributed by atoms with Gasteiger partial charge in [0.1, 0.15) is 12.1 Å². The van der Waals surface area contributed by atoms with E-state index in [1.165, 1.54) is 30.0 Å². The molecule has 1 fully saturated rings. The molecule has 0 saturated carbocycles. The maximum atomic E-state index is 12.3. The Hall–Kier alpha value is -2.97. The molecule has 1 saturated heterocycles. The molecule has 24 heavy (non-hydrogen) atoms. The predicted molar refractivity (Wildman–Crippen MR) is 82.4 cm³/mol. The number of carboxylic acids is 1. The van der Waals surface area contributed by atoms with Crippen LogP contribution in [0.3, 0.4) is 0 Å². The molecule has 1 aromatic rings. The first-order valence-electron chi connectivity index (χ1n) is 7.40. The maximum Gasteiger partial charge on any atom is 0.326 e. The summed E-state index contributed by atoms with van der Waals surface area (Å²) in [6, 6.07) is 3.33. The maximum absolute atomic E-state index is 12.3. The van der Waals surface area contributed by atoms with Crippen molar-refractivity contribution in [2.45, 2.75) is 31.8 Å². The lowest BCUT2D eigenvalue weighted by atomic mass is 10.1. The highest BCUT2D eigenvalue weighted by molar-refractivity contribution is 5.98. The second-order valence-corrected chi connectivity index (χ2v) is 5.53. The average molecular weight is 335 g/mol. The first-order chi connectivity index (χ1) is 11.3. The third-order valence-electron chi connectivity index (χ3n) is 3.86. The van der Waals surface area contributed by atoms with Gasteiger partial charge in [-0.1, -0.05) is 6.07 Å². The fourth-order valence-electron chi connectivity index (χ4n) is 2.64. The van der Waals surface area contributed by atoms with Crippen LogP contribution in [-0.4, -0.2) is 51.3 Å². The monoisotopic (exact) mass is 335 g/mol. The molecule has 2 amide bonds. The van der Waals surface area contributed by atoms with Crippen molar-refractivity contribution in [1.29, 1.82) is 0 Å². The van der Waals surface area contributed by atoms with Crippen LogP contribution < -0.4 is 5.32 Å². The van der Waals surface area contributed by atoms with Gasteiger partial charge >= 0.3 is 5.97 Å². The third kappa shape index (κ3) is 3.67. The van der Waals surface area contributed by atoms with Gasteiger partial charge in [-0.05, 0) is 25.8 Å². The second-order valence-electron chi connectivity index (χ2n) is 5.53. The Morgan fingerprint density at radius 1 is 1.42 bits per heavy atom. The molecule has 0 bridgehead atoms. The highest BCUT2D eigenvalue weighted by Crippen LogP contribution is 2.19. The smallest absolute Gasteiger partial charge is 0.326 e. The van der Waals surface area contributed by atoms with Crippen molar-refractivity contribution in [2.24, 2.45) is 0 Å². The van der Waals surface area contributed by atoms with E-state index in [-0.39, 0.29) is 11.3 Å². The lowest BCUT2D eigenvalue weighted by molar-refractivity contribution is -0.384. The van der Waals surface area contributed by atoms with Crippen molar-refractivity contribution in [1.82, 2.24) is 10.2 Å². The number of nitrogens with one attached hydrogen (secondary N) is 1. The first-order valence-corrected chi connectivity index (χ1v) is 7.40.